The van der Waals surface area contributed by atoms with Crippen molar-refractivity contribution in [3.05, 3.63) is 93.8 Å². The topological polar surface area (TPSA) is 138 Å². The fourth-order valence-electron chi connectivity index (χ4n) is 8.18. The van der Waals surface area contributed by atoms with E-state index in [1.54, 1.807) is 48.6 Å². The molecule has 12 nitrogen and oxygen atoms in total. The molecule has 3 aliphatic rings. The van der Waals surface area contributed by atoms with Gasteiger partial charge in [-0.1, -0.05) is 26.5 Å². The molecule has 3 aromatic heterocycles. The molecule has 7 rings (SSSR count). The zero-order chi connectivity index (χ0) is 38.7. The molecule has 2 aliphatic heterocycles. The van der Waals surface area contributed by atoms with Gasteiger partial charge < -0.3 is 24.9 Å². The van der Waals surface area contributed by atoms with E-state index in [2.05, 4.69) is 45.6 Å². The third-order valence-corrected chi connectivity index (χ3v) is 11.1. The lowest BCUT2D eigenvalue weighted by atomic mass is 9.88. The van der Waals surface area contributed by atoms with Crippen molar-refractivity contribution in [3.63, 3.8) is 0 Å². The molecule has 0 bridgehead atoms. The molecule has 1 fully saturated rings. The van der Waals surface area contributed by atoms with Crippen LogP contribution < -0.4 is 21.1 Å². The highest BCUT2D eigenvalue weighted by Gasteiger charge is 2.41. The summed E-state index contributed by atoms with van der Waals surface area (Å²) in [4.78, 5) is 52.7. The summed E-state index contributed by atoms with van der Waals surface area (Å²) in [6, 6.07) is 8.89. The van der Waals surface area contributed by atoms with Crippen LogP contribution in [0.1, 0.15) is 73.4 Å². The van der Waals surface area contributed by atoms with Gasteiger partial charge in [0.2, 0.25) is 5.91 Å². The molecule has 1 aliphatic carbocycles. The molecule has 2 amide bonds. The van der Waals surface area contributed by atoms with E-state index in [-0.39, 0.29) is 43.1 Å². The highest BCUT2D eigenvalue weighted by atomic mass is 19.3. The van der Waals surface area contributed by atoms with Crippen molar-refractivity contribution < 1.29 is 23.5 Å². The number of hydrogen-bond donors (Lipinski definition) is 3. The Bertz CT molecular complexity index is 2230. The first-order valence-electron chi connectivity index (χ1n) is 18.2. The minimum atomic E-state index is -2.71. The quantitative estimate of drug-likeness (QED) is 0.185. The average Bonchev–Trinajstić information content (AvgIpc) is 3.61. The fraction of sp³-hybridized carbons (Fsp3) is 0.425. The van der Waals surface area contributed by atoms with Crippen LogP contribution in [0.25, 0.3) is 11.3 Å². The standard InChI is InChI=1S/C40H46F2N8O4/c1-7-33(52)45-29-19-25(8-9-28(29)39(4,5)48-14-11-40(41,42)12-15-48)44-34-37(54)47(6)22-30(46-34)26-10-13-43-35(27(26)23-51)50-17-16-49-31(36(50)53)18-24-20-38(2,3)21-32(24)49/h7-10,13,18-19,22,51H,1,11-12,14-17,20-21,23H2,2-6H3,(H,44,46)(H,45,52). The van der Waals surface area contributed by atoms with E-state index in [9.17, 15) is 28.3 Å². The van der Waals surface area contributed by atoms with E-state index >= 15 is 0 Å². The molecule has 284 valence electrons. The number of alkyl halides is 2. The Balaban J connectivity index is 1.20. The van der Waals surface area contributed by atoms with Crippen LogP contribution in [0.2, 0.25) is 0 Å². The first-order valence-corrected chi connectivity index (χ1v) is 18.2. The minimum Gasteiger partial charge on any atom is -0.392 e. The number of nitrogens with one attached hydrogen (secondary N) is 2. The Morgan fingerprint density at radius 1 is 1.07 bits per heavy atom. The number of anilines is 4. The molecule has 1 aromatic carbocycles. The largest absolute Gasteiger partial charge is 0.392 e. The molecule has 0 saturated carbocycles. The molecular weight excluding hydrogens is 694 g/mol. The molecule has 54 heavy (non-hydrogen) atoms. The van der Waals surface area contributed by atoms with Gasteiger partial charge in [0.25, 0.3) is 17.4 Å². The third kappa shape index (κ3) is 6.72. The zero-order valence-corrected chi connectivity index (χ0v) is 31.3. The van der Waals surface area contributed by atoms with Crippen molar-refractivity contribution in [3.8, 4) is 11.3 Å². The summed E-state index contributed by atoms with van der Waals surface area (Å²) in [6.45, 7) is 12.8. The first kappa shape index (κ1) is 37.1. The number of likely N-dealkylation sites (tertiary alicyclic amines) is 1. The number of fused-ring (bicyclic) bond motifs is 3. The molecule has 1 saturated heterocycles. The van der Waals surface area contributed by atoms with E-state index in [4.69, 9.17) is 0 Å². The van der Waals surface area contributed by atoms with Gasteiger partial charge in [0.1, 0.15) is 11.5 Å². The number of halogens is 2. The lowest BCUT2D eigenvalue weighted by Crippen LogP contribution is -2.49. The summed E-state index contributed by atoms with van der Waals surface area (Å²) < 4.78 is 31.5. The predicted octanol–water partition coefficient (Wildman–Crippen LogP) is 5.76. The van der Waals surface area contributed by atoms with Crippen LogP contribution in [0.3, 0.4) is 0 Å². The number of benzene rings is 1. The minimum absolute atomic E-state index is 0.0205. The maximum absolute atomic E-state index is 14.0. The van der Waals surface area contributed by atoms with Crippen LogP contribution in [-0.4, -0.2) is 66.5 Å². The normalized spacial score (nSPS) is 17.9. The van der Waals surface area contributed by atoms with E-state index in [1.807, 2.05) is 24.8 Å². The number of piperidine rings is 1. The Kier molecular flexibility index (Phi) is 9.33. The highest BCUT2D eigenvalue weighted by molar-refractivity contribution is 6.06. The molecule has 14 heteroatoms. The van der Waals surface area contributed by atoms with Gasteiger partial charge in [-0.25, -0.2) is 18.7 Å². The number of aliphatic hydroxyl groups is 1. The van der Waals surface area contributed by atoms with Crippen molar-refractivity contribution in [2.24, 2.45) is 12.5 Å². The summed E-state index contributed by atoms with van der Waals surface area (Å²) in [5.41, 5.74) is 4.86. The number of aryl methyl sites for hydroxylation is 1. The van der Waals surface area contributed by atoms with Crippen LogP contribution >= 0.6 is 0 Å². The number of hydrogen-bond acceptors (Lipinski definition) is 8. The van der Waals surface area contributed by atoms with Gasteiger partial charge in [-0.15, -0.1) is 0 Å². The van der Waals surface area contributed by atoms with Crippen molar-refractivity contribution in [2.45, 2.75) is 78.0 Å². The van der Waals surface area contributed by atoms with Gasteiger partial charge >= 0.3 is 0 Å². The maximum atomic E-state index is 14.0. The van der Waals surface area contributed by atoms with Gasteiger partial charge in [-0.05, 0) is 73.6 Å². The molecule has 4 aromatic rings. The van der Waals surface area contributed by atoms with Crippen LogP contribution in [0.15, 0.2) is 60.2 Å². The summed E-state index contributed by atoms with van der Waals surface area (Å²) in [7, 11) is 1.59. The number of rotatable bonds is 9. The van der Waals surface area contributed by atoms with Crippen LogP contribution in [0.4, 0.5) is 31.8 Å². The Labute approximate surface area is 312 Å². The Morgan fingerprint density at radius 3 is 2.52 bits per heavy atom. The van der Waals surface area contributed by atoms with E-state index < -0.39 is 29.5 Å². The second kappa shape index (κ2) is 13.6. The van der Waals surface area contributed by atoms with Crippen molar-refractivity contribution in [2.75, 3.05) is 35.2 Å². The van der Waals surface area contributed by atoms with Crippen LogP contribution in [0.5, 0.6) is 0 Å². The molecule has 0 radical (unpaired) electrons. The van der Waals surface area contributed by atoms with Crippen molar-refractivity contribution in [1.82, 2.24) is 24.0 Å². The monoisotopic (exact) mass is 740 g/mol. The van der Waals surface area contributed by atoms with Gasteiger partial charge in [-0.2, -0.15) is 0 Å². The second-order valence-electron chi connectivity index (χ2n) is 15.8. The van der Waals surface area contributed by atoms with E-state index in [1.165, 1.54) is 15.8 Å². The number of carbonyl (C=O) groups is 2. The van der Waals surface area contributed by atoms with E-state index in [0.717, 1.165) is 18.9 Å². The average molecular weight is 741 g/mol. The van der Waals surface area contributed by atoms with Crippen molar-refractivity contribution >= 4 is 34.8 Å². The van der Waals surface area contributed by atoms with Gasteiger partial charge in [0, 0.05) is 92.2 Å². The molecule has 0 atom stereocenters. The molecule has 5 heterocycles. The van der Waals surface area contributed by atoms with Crippen LogP contribution in [0, 0.1) is 5.41 Å². The lowest BCUT2D eigenvalue weighted by molar-refractivity contribution is -0.111. The molecule has 0 spiro atoms. The molecule has 3 N–H and O–H groups in total. The van der Waals surface area contributed by atoms with E-state index in [0.29, 0.717) is 58.4 Å². The predicted molar refractivity (Wildman–Crippen MR) is 203 cm³/mol. The number of pyridine rings is 1. The summed E-state index contributed by atoms with van der Waals surface area (Å²) in [5.74, 6) is -3.04. The van der Waals surface area contributed by atoms with Crippen LogP contribution in [-0.2, 0) is 43.4 Å². The number of aliphatic hydroxyl groups excluding tert-OH is 1. The Morgan fingerprint density at radius 2 is 1.81 bits per heavy atom. The van der Waals surface area contributed by atoms with Gasteiger partial charge in [-0.3, -0.25) is 24.2 Å². The Hall–Kier alpha value is -5.21. The summed E-state index contributed by atoms with van der Waals surface area (Å²) >= 11 is 0. The third-order valence-electron chi connectivity index (χ3n) is 11.1. The molecule has 0 unspecified atom stereocenters. The van der Waals surface area contributed by atoms with Crippen molar-refractivity contribution in [1.29, 1.82) is 0 Å². The first-order chi connectivity index (χ1) is 25.5. The lowest BCUT2D eigenvalue weighted by Gasteiger charge is -2.44. The fourth-order valence-corrected chi connectivity index (χ4v) is 8.18. The second-order valence-corrected chi connectivity index (χ2v) is 15.8. The zero-order valence-electron chi connectivity index (χ0n) is 31.3. The highest BCUT2D eigenvalue weighted by Crippen LogP contribution is 2.41. The number of nitrogens with zero attached hydrogens (tertiary/aromatic N) is 6. The SMILES string of the molecule is C=CC(=O)Nc1cc(Nc2nc(-c3ccnc(N4CCn5c(cc6c5CC(C)(C)C6)C4=O)c3CO)cn(C)c2=O)ccc1C(C)(C)N1CCC(F)(F)CC1. The maximum Gasteiger partial charge on any atom is 0.293 e. The summed E-state index contributed by atoms with van der Waals surface area (Å²) in [5, 5.41) is 16.7. The number of amides is 2. The number of carbonyl (C=O) groups excluding carboxylic acids is 2. The smallest absolute Gasteiger partial charge is 0.293 e. The summed E-state index contributed by atoms with van der Waals surface area (Å²) in [6.07, 6.45) is 5.58. The number of aromatic nitrogens is 4. The van der Waals surface area contributed by atoms with Gasteiger partial charge in [0.15, 0.2) is 5.82 Å². The van der Waals surface area contributed by atoms with Gasteiger partial charge in [0.05, 0.1) is 12.3 Å². The molecular formula is C40H46F2N8O4.